The summed E-state index contributed by atoms with van der Waals surface area (Å²) in [4.78, 5) is 2.38. The molecule has 0 saturated carbocycles. The number of anilines is 3. The summed E-state index contributed by atoms with van der Waals surface area (Å²) in [6, 6.07) is 87.1. The Balaban J connectivity index is 0.991. The van der Waals surface area contributed by atoms with Gasteiger partial charge in [0.2, 0.25) is 0 Å². The van der Waals surface area contributed by atoms with Crippen molar-refractivity contribution in [1.29, 1.82) is 0 Å². The Kier molecular flexibility index (Phi) is 8.83. The Morgan fingerprint density at radius 3 is 1.51 bits per heavy atom. The predicted octanol–water partition coefficient (Wildman–Crippen LogP) is 16.8. The van der Waals surface area contributed by atoms with Crippen molar-refractivity contribution >= 4 is 60.8 Å². The van der Waals surface area contributed by atoms with Gasteiger partial charge in [-0.3, -0.25) is 0 Å². The highest BCUT2D eigenvalue weighted by atomic mass is 16.3. The maximum absolute atomic E-state index is 6.34. The normalized spacial score (nSPS) is 11.5. The lowest BCUT2D eigenvalue weighted by molar-refractivity contribution is 0.669. The van der Waals surface area contributed by atoms with Gasteiger partial charge in [-0.05, 0) is 112 Å². The molecule has 0 spiro atoms. The molecule has 0 atom stereocenters. The van der Waals surface area contributed by atoms with Crippen molar-refractivity contribution in [1.82, 2.24) is 4.57 Å². The van der Waals surface area contributed by atoms with Gasteiger partial charge in [-0.25, -0.2) is 0 Å². The second-order valence-electron chi connectivity index (χ2n) is 16.1. The molecule has 3 heteroatoms. The van der Waals surface area contributed by atoms with E-state index >= 15 is 0 Å². The summed E-state index contributed by atoms with van der Waals surface area (Å²) in [6.07, 6.45) is 0. The fourth-order valence-corrected chi connectivity index (χ4v) is 9.48. The molecule has 0 aliphatic carbocycles. The highest BCUT2D eigenvalue weighted by Crippen LogP contribution is 2.42. The standard InChI is InChI=1S/C60H40N2O/c1-2-16-41(17-3-1)49-22-4-5-23-50(49)45-19-15-21-48(39-45)61(47-20-14-18-43(38-47)44-34-37-55-54-27-9-13-31-59(54)63-60(55)40-44)46-35-32-42(33-36-46)51-24-6-10-28-56(51)62-57-29-11-7-25-52(57)53-26-8-12-30-58(53)62/h1-40H. The zero-order valence-corrected chi connectivity index (χ0v) is 34.4. The summed E-state index contributed by atoms with van der Waals surface area (Å²) >= 11 is 0. The van der Waals surface area contributed by atoms with Crippen LogP contribution in [-0.2, 0) is 0 Å². The Bertz CT molecular complexity index is 3580. The van der Waals surface area contributed by atoms with Gasteiger partial charge in [-0.1, -0.05) is 170 Å². The summed E-state index contributed by atoms with van der Waals surface area (Å²) in [6.45, 7) is 0. The van der Waals surface area contributed by atoms with Crippen LogP contribution in [0.1, 0.15) is 0 Å². The van der Waals surface area contributed by atoms with E-state index < -0.39 is 0 Å². The molecule has 0 unspecified atom stereocenters. The molecule has 0 aliphatic heterocycles. The predicted molar refractivity (Wildman–Crippen MR) is 264 cm³/mol. The van der Waals surface area contributed by atoms with Crippen LogP contribution in [0.5, 0.6) is 0 Å². The van der Waals surface area contributed by atoms with Gasteiger partial charge in [-0.2, -0.15) is 0 Å². The number of rotatable bonds is 8. The van der Waals surface area contributed by atoms with Gasteiger partial charge in [0.05, 0.1) is 16.7 Å². The lowest BCUT2D eigenvalue weighted by atomic mass is 9.94. The molecule has 0 fully saturated rings. The van der Waals surface area contributed by atoms with Gasteiger partial charge in [-0.15, -0.1) is 0 Å². The maximum Gasteiger partial charge on any atom is 0.136 e. The average molecular weight is 805 g/mol. The van der Waals surface area contributed by atoms with Crippen molar-refractivity contribution in [2.75, 3.05) is 4.90 Å². The molecule has 3 nitrogen and oxygen atoms in total. The van der Waals surface area contributed by atoms with Crippen LogP contribution in [0.15, 0.2) is 247 Å². The molecule has 2 heterocycles. The van der Waals surface area contributed by atoms with Crippen LogP contribution in [0.3, 0.4) is 0 Å². The second-order valence-corrected chi connectivity index (χ2v) is 16.1. The molecule has 2 aromatic heterocycles. The lowest BCUT2D eigenvalue weighted by Crippen LogP contribution is -2.10. The third-order valence-corrected chi connectivity index (χ3v) is 12.4. The smallest absolute Gasteiger partial charge is 0.136 e. The first kappa shape index (κ1) is 36.5. The van der Waals surface area contributed by atoms with E-state index in [1.807, 2.05) is 12.1 Å². The number of nitrogens with zero attached hydrogens (tertiary/aromatic N) is 2. The number of furan rings is 1. The minimum Gasteiger partial charge on any atom is -0.456 e. The number of fused-ring (bicyclic) bond motifs is 6. The van der Waals surface area contributed by atoms with Gasteiger partial charge in [0.15, 0.2) is 0 Å². The highest BCUT2D eigenvalue weighted by molar-refractivity contribution is 6.10. The Labute approximate surface area is 366 Å². The maximum atomic E-state index is 6.34. The van der Waals surface area contributed by atoms with Crippen molar-refractivity contribution in [3.8, 4) is 50.2 Å². The Morgan fingerprint density at radius 2 is 0.778 bits per heavy atom. The van der Waals surface area contributed by atoms with E-state index in [-0.39, 0.29) is 0 Å². The van der Waals surface area contributed by atoms with Crippen molar-refractivity contribution in [3.05, 3.63) is 243 Å². The zero-order chi connectivity index (χ0) is 41.7. The molecule has 12 rings (SSSR count). The number of aromatic nitrogens is 1. The molecule has 12 aromatic rings. The Morgan fingerprint density at radius 1 is 0.286 bits per heavy atom. The monoisotopic (exact) mass is 804 g/mol. The van der Waals surface area contributed by atoms with E-state index in [1.165, 1.54) is 44.1 Å². The molecule has 0 saturated heterocycles. The summed E-state index contributed by atoms with van der Waals surface area (Å²) in [7, 11) is 0. The molecule has 63 heavy (non-hydrogen) atoms. The molecule has 296 valence electrons. The molecule has 0 bridgehead atoms. The number of benzene rings is 10. The summed E-state index contributed by atoms with van der Waals surface area (Å²) < 4.78 is 8.75. The fourth-order valence-electron chi connectivity index (χ4n) is 9.48. The summed E-state index contributed by atoms with van der Waals surface area (Å²) in [5.74, 6) is 0. The lowest BCUT2D eigenvalue weighted by Gasteiger charge is -2.27. The van der Waals surface area contributed by atoms with Gasteiger partial charge < -0.3 is 13.9 Å². The van der Waals surface area contributed by atoms with E-state index in [4.69, 9.17) is 4.42 Å². The first-order chi connectivity index (χ1) is 31.2. The van der Waals surface area contributed by atoms with Gasteiger partial charge in [0.25, 0.3) is 0 Å². The first-order valence-electron chi connectivity index (χ1n) is 21.5. The zero-order valence-electron chi connectivity index (χ0n) is 34.4. The molecule has 0 N–H and O–H groups in total. The van der Waals surface area contributed by atoms with Crippen molar-refractivity contribution in [2.45, 2.75) is 0 Å². The van der Waals surface area contributed by atoms with E-state index in [2.05, 4.69) is 240 Å². The molecule has 10 aromatic carbocycles. The van der Waals surface area contributed by atoms with Crippen LogP contribution in [0.25, 0.3) is 93.9 Å². The van der Waals surface area contributed by atoms with Crippen LogP contribution in [-0.4, -0.2) is 4.57 Å². The number of hydrogen-bond donors (Lipinski definition) is 0. The largest absolute Gasteiger partial charge is 0.456 e. The van der Waals surface area contributed by atoms with Crippen LogP contribution < -0.4 is 4.90 Å². The van der Waals surface area contributed by atoms with Crippen LogP contribution in [0.2, 0.25) is 0 Å². The SMILES string of the molecule is c1ccc(-c2ccccc2-c2cccc(N(c3ccc(-c4ccccc4-n4c5ccccc5c5ccccc54)cc3)c3cccc(-c4ccc5c(c4)oc4ccccc45)c3)c2)cc1. The topological polar surface area (TPSA) is 21.3 Å². The minimum atomic E-state index is 0.887. The molecular formula is C60H40N2O. The molecule has 0 aliphatic rings. The minimum absolute atomic E-state index is 0.887. The highest BCUT2D eigenvalue weighted by Gasteiger charge is 2.19. The summed E-state index contributed by atoms with van der Waals surface area (Å²) in [5.41, 5.74) is 17.8. The molecule has 0 radical (unpaired) electrons. The third-order valence-electron chi connectivity index (χ3n) is 12.4. The number of para-hydroxylation sites is 4. The van der Waals surface area contributed by atoms with Gasteiger partial charge >= 0.3 is 0 Å². The summed E-state index contributed by atoms with van der Waals surface area (Å²) in [5, 5.41) is 4.76. The fraction of sp³-hybridized carbons (Fsp3) is 0. The molecular weight excluding hydrogens is 765 g/mol. The van der Waals surface area contributed by atoms with Crippen molar-refractivity contribution < 1.29 is 4.42 Å². The number of hydrogen-bond acceptors (Lipinski definition) is 2. The van der Waals surface area contributed by atoms with E-state index in [9.17, 15) is 0 Å². The van der Waals surface area contributed by atoms with E-state index in [1.54, 1.807) is 0 Å². The van der Waals surface area contributed by atoms with Crippen LogP contribution in [0.4, 0.5) is 17.1 Å². The van der Waals surface area contributed by atoms with E-state index in [0.717, 1.165) is 66.9 Å². The van der Waals surface area contributed by atoms with Crippen LogP contribution in [0, 0.1) is 0 Å². The van der Waals surface area contributed by atoms with Crippen LogP contribution >= 0.6 is 0 Å². The van der Waals surface area contributed by atoms with Gasteiger partial charge in [0.1, 0.15) is 11.2 Å². The third kappa shape index (κ3) is 6.38. The molecule has 0 amide bonds. The Hall–Kier alpha value is -8.40. The average Bonchev–Trinajstić information content (AvgIpc) is 3.90. The van der Waals surface area contributed by atoms with E-state index in [0.29, 0.717) is 0 Å². The quantitative estimate of drug-likeness (QED) is 0.153. The first-order valence-corrected chi connectivity index (χ1v) is 21.5. The van der Waals surface area contributed by atoms with Crippen molar-refractivity contribution in [3.63, 3.8) is 0 Å². The second kappa shape index (κ2) is 15.3. The van der Waals surface area contributed by atoms with Crippen molar-refractivity contribution in [2.24, 2.45) is 0 Å². The van der Waals surface area contributed by atoms with Gasteiger partial charge in [0, 0.05) is 44.2 Å².